The number of carbonyl (C=O) groups is 1. The molecule has 6 heteroatoms. The van der Waals surface area contributed by atoms with E-state index in [2.05, 4.69) is 63.4 Å². The van der Waals surface area contributed by atoms with Crippen LogP contribution in [0.2, 0.25) is 0 Å². The summed E-state index contributed by atoms with van der Waals surface area (Å²) >= 11 is 1.68. The Morgan fingerprint density at radius 2 is 1.58 bits per heavy atom. The molecule has 168 valence electrons. The number of unbranched alkanes of at least 4 members (excludes halogenated alkanes) is 1. The fraction of sp³-hybridized carbons (Fsp3) is 0.222. The molecule has 1 heterocycles. The Hall–Kier alpha value is -3.38. The van der Waals surface area contributed by atoms with Crippen molar-refractivity contribution in [1.82, 2.24) is 20.1 Å². The van der Waals surface area contributed by atoms with Gasteiger partial charge in [-0.15, -0.1) is 10.2 Å². The van der Waals surface area contributed by atoms with Crippen LogP contribution in [0.1, 0.15) is 30.4 Å². The molecule has 0 saturated carbocycles. The van der Waals surface area contributed by atoms with Crippen molar-refractivity contribution in [2.45, 2.75) is 37.9 Å². The lowest BCUT2D eigenvalue weighted by Gasteiger charge is -2.10. The summed E-state index contributed by atoms with van der Waals surface area (Å²) in [5.41, 5.74) is 4.41. The van der Waals surface area contributed by atoms with Gasteiger partial charge in [-0.05, 0) is 37.5 Å². The quantitative estimate of drug-likeness (QED) is 0.241. The molecule has 1 amide bonds. The fourth-order valence-electron chi connectivity index (χ4n) is 3.50. The first-order valence-corrected chi connectivity index (χ1v) is 12.2. The second kappa shape index (κ2) is 11.5. The van der Waals surface area contributed by atoms with Gasteiger partial charge in [0.25, 0.3) is 0 Å². The molecule has 0 bridgehead atoms. The number of amides is 1. The number of para-hydroxylation sites is 1. The lowest BCUT2D eigenvalue weighted by atomic mass is 10.1. The highest BCUT2D eigenvalue weighted by molar-refractivity contribution is 7.99. The Morgan fingerprint density at radius 3 is 2.30 bits per heavy atom. The molecule has 0 saturated heterocycles. The molecule has 3 aromatic carbocycles. The van der Waals surface area contributed by atoms with Crippen LogP contribution in [0, 0.1) is 6.92 Å². The molecular formula is C27H28N4OS. The highest BCUT2D eigenvalue weighted by atomic mass is 32.2. The van der Waals surface area contributed by atoms with E-state index in [9.17, 15) is 4.79 Å². The summed E-state index contributed by atoms with van der Waals surface area (Å²) in [5, 5.41) is 12.8. The van der Waals surface area contributed by atoms with E-state index >= 15 is 0 Å². The lowest BCUT2D eigenvalue weighted by Crippen LogP contribution is -2.22. The Labute approximate surface area is 199 Å². The van der Waals surface area contributed by atoms with Crippen molar-refractivity contribution in [3.05, 3.63) is 96.1 Å². The lowest BCUT2D eigenvalue weighted by molar-refractivity contribution is -0.121. The smallest absolute Gasteiger partial charge is 0.220 e. The largest absolute Gasteiger partial charge is 0.352 e. The van der Waals surface area contributed by atoms with Crippen LogP contribution < -0.4 is 5.32 Å². The van der Waals surface area contributed by atoms with Crippen molar-refractivity contribution >= 4 is 17.7 Å². The molecule has 0 unspecified atom stereocenters. The van der Waals surface area contributed by atoms with Gasteiger partial charge >= 0.3 is 0 Å². The third kappa shape index (κ3) is 6.33. The van der Waals surface area contributed by atoms with Crippen LogP contribution >= 0.6 is 11.8 Å². The van der Waals surface area contributed by atoms with E-state index in [1.807, 2.05) is 48.5 Å². The highest BCUT2D eigenvalue weighted by Crippen LogP contribution is 2.28. The molecule has 1 aromatic heterocycles. The molecule has 33 heavy (non-hydrogen) atoms. The Balaban J connectivity index is 1.33. The minimum atomic E-state index is 0.0953. The molecule has 0 aliphatic carbocycles. The Morgan fingerprint density at radius 1 is 0.879 bits per heavy atom. The molecule has 4 rings (SSSR count). The standard InChI is InChI=1S/C27H28N4OS/c1-21-15-17-23(18-16-21)26-29-30-27(31(26)24-12-6-3-7-13-24)33-19-9-8-14-25(32)28-20-22-10-4-2-5-11-22/h2-7,10-13,15-18H,8-9,14,19-20H2,1H3,(H,28,32). The SMILES string of the molecule is Cc1ccc(-c2nnc(SCCCCC(=O)NCc3ccccc3)n2-c2ccccc2)cc1. The van der Waals surface area contributed by atoms with Crippen molar-refractivity contribution in [3.63, 3.8) is 0 Å². The van der Waals surface area contributed by atoms with Crippen molar-refractivity contribution in [2.75, 3.05) is 5.75 Å². The average molecular weight is 457 g/mol. The molecule has 5 nitrogen and oxygen atoms in total. The van der Waals surface area contributed by atoms with E-state index in [0.29, 0.717) is 13.0 Å². The zero-order valence-electron chi connectivity index (χ0n) is 18.8. The summed E-state index contributed by atoms with van der Waals surface area (Å²) in [6, 6.07) is 28.5. The Kier molecular flexibility index (Phi) is 7.93. The number of aryl methyl sites for hydroxylation is 1. The van der Waals surface area contributed by atoms with Crippen molar-refractivity contribution in [3.8, 4) is 17.1 Å². The van der Waals surface area contributed by atoms with Gasteiger partial charge in [0.1, 0.15) is 0 Å². The molecule has 0 radical (unpaired) electrons. The predicted octanol–water partition coefficient (Wildman–Crippen LogP) is 5.82. The van der Waals surface area contributed by atoms with E-state index in [0.717, 1.165) is 46.4 Å². The van der Waals surface area contributed by atoms with Gasteiger partial charge in [0.15, 0.2) is 11.0 Å². The molecule has 4 aromatic rings. The van der Waals surface area contributed by atoms with E-state index in [4.69, 9.17) is 0 Å². The predicted molar refractivity (Wildman–Crippen MR) is 134 cm³/mol. The van der Waals surface area contributed by atoms with Crippen LogP contribution in [-0.2, 0) is 11.3 Å². The zero-order valence-corrected chi connectivity index (χ0v) is 19.6. The van der Waals surface area contributed by atoms with Gasteiger partial charge < -0.3 is 5.32 Å². The first-order chi connectivity index (χ1) is 16.2. The fourth-order valence-corrected chi connectivity index (χ4v) is 4.45. The van der Waals surface area contributed by atoms with Crippen LogP contribution in [0.5, 0.6) is 0 Å². The first kappa shape index (κ1) is 22.8. The minimum Gasteiger partial charge on any atom is -0.352 e. The molecule has 0 aliphatic heterocycles. The summed E-state index contributed by atoms with van der Waals surface area (Å²) in [4.78, 5) is 12.1. The van der Waals surface area contributed by atoms with Gasteiger partial charge in [-0.3, -0.25) is 9.36 Å². The van der Waals surface area contributed by atoms with Crippen molar-refractivity contribution < 1.29 is 4.79 Å². The van der Waals surface area contributed by atoms with Crippen molar-refractivity contribution in [2.24, 2.45) is 0 Å². The normalized spacial score (nSPS) is 10.8. The maximum atomic E-state index is 12.1. The van der Waals surface area contributed by atoms with E-state index in [1.54, 1.807) is 11.8 Å². The Bertz CT molecular complexity index is 1160. The maximum Gasteiger partial charge on any atom is 0.220 e. The topological polar surface area (TPSA) is 59.8 Å². The van der Waals surface area contributed by atoms with Gasteiger partial charge in [0.2, 0.25) is 5.91 Å². The number of benzene rings is 3. The number of aromatic nitrogens is 3. The second-order valence-electron chi connectivity index (χ2n) is 7.91. The van der Waals surface area contributed by atoms with Crippen LogP contribution in [-0.4, -0.2) is 26.4 Å². The van der Waals surface area contributed by atoms with E-state index in [1.165, 1.54) is 5.56 Å². The van der Waals surface area contributed by atoms with Crippen LogP contribution in [0.4, 0.5) is 0 Å². The van der Waals surface area contributed by atoms with Gasteiger partial charge in [-0.25, -0.2) is 0 Å². The number of nitrogens with one attached hydrogen (secondary N) is 1. The number of hydrogen-bond acceptors (Lipinski definition) is 4. The van der Waals surface area contributed by atoms with E-state index < -0.39 is 0 Å². The molecular weight excluding hydrogens is 428 g/mol. The van der Waals surface area contributed by atoms with E-state index in [-0.39, 0.29) is 5.91 Å². The minimum absolute atomic E-state index is 0.0953. The summed E-state index contributed by atoms with van der Waals surface area (Å²) in [6.07, 6.45) is 2.32. The van der Waals surface area contributed by atoms with Gasteiger partial charge in [0.05, 0.1) is 0 Å². The third-order valence-corrected chi connectivity index (χ3v) is 6.33. The number of nitrogens with zero attached hydrogens (tertiary/aromatic N) is 3. The van der Waals surface area contributed by atoms with Gasteiger partial charge in [0, 0.05) is 30.0 Å². The molecule has 0 fully saturated rings. The zero-order chi connectivity index (χ0) is 22.9. The maximum absolute atomic E-state index is 12.1. The van der Waals surface area contributed by atoms with Crippen LogP contribution in [0.3, 0.4) is 0 Å². The van der Waals surface area contributed by atoms with Gasteiger partial charge in [-0.2, -0.15) is 0 Å². The highest BCUT2D eigenvalue weighted by Gasteiger charge is 2.16. The number of hydrogen-bond donors (Lipinski definition) is 1. The summed E-state index contributed by atoms with van der Waals surface area (Å²) in [7, 11) is 0. The van der Waals surface area contributed by atoms with Crippen LogP contribution in [0.15, 0.2) is 90.1 Å². The van der Waals surface area contributed by atoms with Crippen molar-refractivity contribution in [1.29, 1.82) is 0 Å². The number of thioether (sulfide) groups is 1. The summed E-state index contributed by atoms with van der Waals surface area (Å²) in [6.45, 7) is 2.66. The first-order valence-electron chi connectivity index (χ1n) is 11.2. The van der Waals surface area contributed by atoms with Gasteiger partial charge in [-0.1, -0.05) is 90.1 Å². The van der Waals surface area contributed by atoms with Crippen LogP contribution in [0.25, 0.3) is 17.1 Å². The molecule has 1 N–H and O–H groups in total. The summed E-state index contributed by atoms with van der Waals surface area (Å²) in [5.74, 6) is 1.81. The molecule has 0 aliphatic rings. The monoisotopic (exact) mass is 456 g/mol. The average Bonchev–Trinajstić information content (AvgIpc) is 3.28. The second-order valence-corrected chi connectivity index (χ2v) is 8.97. The third-order valence-electron chi connectivity index (χ3n) is 5.32. The number of rotatable bonds is 10. The summed E-state index contributed by atoms with van der Waals surface area (Å²) < 4.78 is 2.11. The number of carbonyl (C=O) groups excluding carboxylic acids is 1. The molecule has 0 spiro atoms. The molecule has 0 atom stereocenters.